The molecule has 0 unspecified atom stereocenters. The molecule has 1 saturated heterocycles. The van der Waals surface area contributed by atoms with E-state index in [4.69, 9.17) is 4.74 Å². The highest BCUT2D eigenvalue weighted by atomic mass is 32.2. The van der Waals surface area contributed by atoms with Crippen LogP contribution >= 0.6 is 11.9 Å². The fraction of sp³-hybridized carbons (Fsp3) is 0.300. The SMILES string of the molecule is Cc1ccc(S(=O)(=O)N([C@@H](Cc2cccc(C=O)c2)C(=O)O)N2CCOCS2)cc1. The molecule has 0 aromatic heterocycles. The zero-order chi connectivity index (χ0) is 21.7. The molecule has 0 amide bonds. The Hall–Kier alpha value is -2.24. The Kier molecular flexibility index (Phi) is 7.27. The van der Waals surface area contributed by atoms with Crippen molar-refractivity contribution < 1.29 is 27.9 Å². The van der Waals surface area contributed by atoms with Crippen LogP contribution in [0.1, 0.15) is 21.5 Å². The molecule has 3 rings (SSSR count). The number of benzene rings is 2. The fourth-order valence-corrected chi connectivity index (χ4v) is 5.72. The number of rotatable bonds is 8. The van der Waals surface area contributed by atoms with Gasteiger partial charge in [-0.05, 0) is 42.6 Å². The van der Waals surface area contributed by atoms with Crippen molar-refractivity contribution in [1.82, 2.24) is 8.83 Å². The first kappa shape index (κ1) is 22.4. The number of ether oxygens (including phenoxy) is 1. The van der Waals surface area contributed by atoms with Gasteiger partial charge >= 0.3 is 5.97 Å². The Balaban J connectivity index is 2.04. The molecule has 160 valence electrons. The molecule has 2 aromatic rings. The lowest BCUT2D eigenvalue weighted by Crippen LogP contribution is -2.55. The quantitative estimate of drug-likeness (QED) is 0.483. The summed E-state index contributed by atoms with van der Waals surface area (Å²) in [4.78, 5) is 23.3. The number of aldehydes is 1. The Morgan fingerprint density at radius 2 is 2.03 bits per heavy atom. The van der Waals surface area contributed by atoms with Crippen molar-refractivity contribution in [3.63, 3.8) is 0 Å². The molecule has 1 heterocycles. The summed E-state index contributed by atoms with van der Waals surface area (Å²) >= 11 is 1.10. The van der Waals surface area contributed by atoms with E-state index in [1.807, 2.05) is 6.92 Å². The van der Waals surface area contributed by atoms with E-state index in [1.54, 1.807) is 36.4 Å². The third-order valence-electron chi connectivity index (χ3n) is 4.56. The van der Waals surface area contributed by atoms with Gasteiger partial charge in [0.1, 0.15) is 18.3 Å². The molecule has 0 bridgehead atoms. The minimum atomic E-state index is -4.16. The van der Waals surface area contributed by atoms with E-state index < -0.39 is 22.0 Å². The highest BCUT2D eigenvalue weighted by Gasteiger charge is 2.41. The van der Waals surface area contributed by atoms with Gasteiger partial charge in [-0.15, -0.1) is 4.41 Å². The summed E-state index contributed by atoms with van der Waals surface area (Å²) in [5.41, 5.74) is 1.83. The van der Waals surface area contributed by atoms with Gasteiger partial charge in [-0.25, -0.2) is 8.42 Å². The summed E-state index contributed by atoms with van der Waals surface area (Å²) in [6.07, 6.45) is 0.567. The molecule has 1 aliphatic heterocycles. The first-order chi connectivity index (χ1) is 14.3. The highest BCUT2D eigenvalue weighted by Crippen LogP contribution is 2.29. The second kappa shape index (κ2) is 9.71. The van der Waals surface area contributed by atoms with Crippen LogP contribution in [0.2, 0.25) is 0 Å². The molecule has 1 fully saturated rings. The smallest absolute Gasteiger partial charge is 0.323 e. The van der Waals surface area contributed by atoms with Crippen molar-refractivity contribution >= 4 is 34.2 Å². The average Bonchev–Trinajstić information content (AvgIpc) is 2.74. The fourth-order valence-electron chi connectivity index (χ4n) is 3.06. The normalized spacial score (nSPS) is 16.3. The summed E-state index contributed by atoms with van der Waals surface area (Å²) in [6.45, 7) is 2.33. The van der Waals surface area contributed by atoms with Gasteiger partial charge in [-0.1, -0.05) is 35.9 Å². The minimum absolute atomic E-state index is 0.00749. The van der Waals surface area contributed by atoms with Crippen LogP contribution in [0.3, 0.4) is 0 Å². The van der Waals surface area contributed by atoms with E-state index in [2.05, 4.69) is 0 Å². The van der Waals surface area contributed by atoms with Gasteiger partial charge in [0.15, 0.2) is 0 Å². The van der Waals surface area contributed by atoms with E-state index in [0.29, 0.717) is 17.4 Å². The van der Waals surface area contributed by atoms with Crippen LogP contribution in [-0.2, 0) is 26.0 Å². The van der Waals surface area contributed by atoms with Gasteiger partial charge < -0.3 is 9.84 Å². The maximum absolute atomic E-state index is 13.5. The van der Waals surface area contributed by atoms with Gasteiger partial charge in [-0.3, -0.25) is 9.59 Å². The number of hydrogen-bond donors (Lipinski definition) is 1. The number of sulfonamides is 1. The number of carboxylic acids is 1. The van der Waals surface area contributed by atoms with Crippen molar-refractivity contribution in [3.8, 4) is 0 Å². The van der Waals surface area contributed by atoms with Crippen LogP contribution < -0.4 is 0 Å². The minimum Gasteiger partial charge on any atom is -0.480 e. The third-order valence-corrected chi connectivity index (χ3v) is 7.41. The van der Waals surface area contributed by atoms with Gasteiger partial charge in [0.2, 0.25) is 0 Å². The first-order valence-electron chi connectivity index (χ1n) is 9.19. The van der Waals surface area contributed by atoms with Crippen LogP contribution in [0.4, 0.5) is 0 Å². The van der Waals surface area contributed by atoms with E-state index in [1.165, 1.54) is 16.5 Å². The number of carbonyl (C=O) groups excluding carboxylic acids is 1. The second-order valence-corrected chi connectivity index (χ2v) is 9.45. The van der Waals surface area contributed by atoms with Crippen molar-refractivity contribution in [2.24, 2.45) is 0 Å². The molecule has 10 heteroatoms. The largest absolute Gasteiger partial charge is 0.480 e. The Morgan fingerprint density at radius 3 is 2.63 bits per heavy atom. The summed E-state index contributed by atoms with van der Waals surface area (Å²) in [5.74, 6) is -1.07. The predicted octanol–water partition coefficient (Wildman–Crippen LogP) is 2.35. The van der Waals surface area contributed by atoms with Crippen molar-refractivity contribution in [2.45, 2.75) is 24.3 Å². The molecule has 0 radical (unpaired) electrons. The monoisotopic (exact) mass is 450 g/mol. The van der Waals surface area contributed by atoms with Crippen molar-refractivity contribution in [1.29, 1.82) is 0 Å². The number of hydrogen-bond acceptors (Lipinski definition) is 7. The standard InChI is InChI=1S/C20H22N2O6S2/c1-15-5-7-18(8-6-15)30(26,27)22(21-9-10-28-14-29-21)19(20(24)25)12-16-3-2-4-17(11-16)13-23/h2-8,11,13,19H,9-10,12,14H2,1H3,(H,24,25)/t19-/m0/s1. The number of aryl methyl sites for hydroxylation is 1. The summed E-state index contributed by atoms with van der Waals surface area (Å²) < 4.78 is 34.7. The maximum atomic E-state index is 13.5. The Labute approximate surface area is 179 Å². The van der Waals surface area contributed by atoms with Gasteiger partial charge in [0.05, 0.1) is 11.5 Å². The van der Waals surface area contributed by atoms with Crippen LogP contribution in [-0.4, -0.2) is 59.7 Å². The van der Waals surface area contributed by atoms with Crippen molar-refractivity contribution in [2.75, 3.05) is 19.1 Å². The summed E-state index contributed by atoms with van der Waals surface area (Å²) in [7, 11) is -4.16. The molecule has 1 atom stereocenters. The number of aliphatic carboxylic acids is 1. The van der Waals surface area contributed by atoms with Crippen LogP contribution in [0.15, 0.2) is 53.4 Å². The molecular formula is C20H22N2O6S2. The molecule has 0 aliphatic carbocycles. The zero-order valence-corrected chi connectivity index (χ0v) is 17.9. The third kappa shape index (κ3) is 5.08. The molecule has 1 aliphatic rings. The van der Waals surface area contributed by atoms with Gasteiger partial charge in [0.25, 0.3) is 10.0 Å². The molecule has 8 nitrogen and oxygen atoms in total. The Bertz CT molecular complexity index is 1000. The number of carbonyl (C=O) groups is 2. The molecule has 1 N–H and O–H groups in total. The van der Waals surface area contributed by atoms with E-state index >= 15 is 0 Å². The lowest BCUT2D eigenvalue weighted by Gasteiger charge is -2.38. The van der Waals surface area contributed by atoms with E-state index in [9.17, 15) is 23.1 Å². The first-order valence-corrected chi connectivity index (χ1v) is 11.6. The zero-order valence-electron chi connectivity index (χ0n) is 16.3. The topological polar surface area (TPSA) is 104 Å². The second-order valence-electron chi connectivity index (χ2n) is 6.74. The molecular weight excluding hydrogens is 428 g/mol. The molecule has 0 saturated carbocycles. The van der Waals surface area contributed by atoms with Crippen LogP contribution in [0.25, 0.3) is 0 Å². The number of nitrogens with zero attached hydrogens (tertiary/aromatic N) is 2. The molecule has 30 heavy (non-hydrogen) atoms. The number of hydrazine groups is 1. The lowest BCUT2D eigenvalue weighted by molar-refractivity contribution is -0.144. The van der Waals surface area contributed by atoms with E-state index in [-0.39, 0.29) is 30.4 Å². The summed E-state index contributed by atoms with van der Waals surface area (Å²) in [6, 6.07) is 11.3. The van der Waals surface area contributed by atoms with Gasteiger partial charge in [0, 0.05) is 18.5 Å². The Morgan fingerprint density at radius 1 is 1.30 bits per heavy atom. The maximum Gasteiger partial charge on any atom is 0.323 e. The van der Waals surface area contributed by atoms with Crippen LogP contribution in [0, 0.1) is 6.92 Å². The highest BCUT2D eigenvalue weighted by molar-refractivity contribution is 7.97. The number of carboxylic acid groups (broad SMARTS) is 1. The predicted molar refractivity (Wildman–Crippen MR) is 112 cm³/mol. The molecule has 2 aromatic carbocycles. The van der Waals surface area contributed by atoms with E-state index in [0.717, 1.165) is 21.9 Å². The van der Waals surface area contributed by atoms with Gasteiger partial charge in [-0.2, -0.15) is 4.41 Å². The average molecular weight is 451 g/mol. The van der Waals surface area contributed by atoms with Crippen molar-refractivity contribution in [3.05, 3.63) is 65.2 Å². The molecule has 0 spiro atoms. The van der Waals surface area contributed by atoms with Crippen LogP contribution in [0.5, 0.6) is 0 Å². The lowest BCUT2D eigenvalue weighted by atomic mass is 10.0. The summed E-state index contributed by atoms with van der Waals surface area (Å²) in [5, 5.41) is 9.97.